The van der Waals surface area contributed by atoms with E-state index in [0.717, 1.165) is 22.3 Å². The van der Waals surface area contributed by atoms with E-state index in [4.69, 9.17) is 0 Å². The Morgan fingerprint density at radius 2 is 2.11 bits per heavy atom. The third kappa shape index (κ3) is 2.36. The summed E-state index contributed by atoms with van der Waals surface area (Å²) in [6.45, 7) is 6.65. The second-order valence-electron chi connectivity index (χ2n) is 4.37. The summed E-state index contributed by atoms with van der Waals surface area (Å²) in [5, 5.41) is 4.14. The summed E-state index contributed by atoms with van der Waals surface area (Å²) >= 11 is 1.51. The van der Waals surface area contributed by atoms with Crippen molar-refractivity contribution in [2.45, 2.75) is 19.8 Å². The third-order valence-corrected chi connectivity index (χ3v) is 3.88. The van der Waals surface area contributed by atoms with Crippen molar-refractivity contribution < 1.29 is 8.78 Å². The Morgan fingerprint density at radius 3 is 2.56 bits per heavy atom. The lowest BCUT2D eigenvalue weighted by atomic mass is 10.2. The van der Waals surface area contributed by atoms with Crippen LogP contribution in [0.4, 0.5) is 8.78 Å². The van der Waals surface area contributed by atoms with Crippen molar-refractivity contribution >= 4 is 16.9 Å². The zero-order chi connectivity index (χ0) is 13.5. The summed E-state index contributed by atoms with van der Waals surface area (Å²) in [7, 11) is 1.53. The summed E-state index contributed by atoms with van der Waals surface area (Å²) < 4.78 is 27.8. The molecule has 2 heterocycles. The fourth-order valence-corrected chi connectivity index (χ4v) is 2.59. The van der Waals surface area contributed by atoms with Crippen LogP contribution in [-0.2, 0) is 13.0 Å². The van der Waals surface area contributed by atoms with Crippen LogP contribution in [0.3, 0.4) is 0 Å². The molecule has 0 fully saturated rings. The SMILES string of the molecule is C=C(C)c1ccc(-c2cc(C(C)(F)F)n(C)n2)s1. The number of thiophene rings is 1. The van der Waals surface area contributed by atoms with E-state index < -0.39 is 5.92 Å². The van der Waals surface area contributed by atoms with Gasteiger partial charge in [-0.2, -0.15) is 13.9 Å². The number of aryl methyl sites for hydroxylation is 1. The van der Waals surface area contributed by atoms with Gasteiger partial charge in [-0.3, -0.25) is 4.68 Å². The second-order valence-corrected chi connectivity index (χ2v) is 5.45. The summed E-state index contributed by atoms with van der Waals surface area (Å²) in [4.78, 5) is 1.92. The highest BCUT2D eigenvalue weighted by Gasteiger charge is 2.29. The lowest BCUT2D eigenvalue weighted by Crippen LogP contribution is -2.12. The predicted molar refractivity (Wildman–Crippen MR) is 70.8 cm³/mol. The molecule has 18 heavy (non-hydrogen) atoms. The Labute approximate surface area is 109 Å². The van der Waals surface area contributed by atoms with Gasteiger partial charge in [-0.05, 0) is 30.7 Å². The van der Waals surface area contributed by atoms with E-state index in [1.807, 2.05) is 19.1 Å². The number of rotatable bonds is 3. The quantitative estimate of drug-likeness (QED) is 0.811. The second kappa shape index (κ2) is 4.31. The molecule has 0 saturated carbocycles. The average molecular weight is 268 g/mol. The molecule has 0 radical (unpaired) electrons. The summed E-state index contributed by atoms with van der Waals surface area (Å²) in [6.07, 6.45) is 0. The molecule has 0 atom stereocenters. The van der Waals surface area contributed by atoms with Crippen molar-refractivity contribution in [3.05, 3.63) is 35.3 Å². The fraction of sp³-hybridized carbons (Fsp3) is 0.308. The number of halogens is 2. The summed E-state index contributed by atoms with van der Waals surface area (Å²) in [5.74, 6) is -2.88. The number of nitrogens with zero attached hydrogens (tertiary/aromatic N) is 2. The van der Waals surface area contributed by atoms with Crippen molar-refractivity contribution in [2.24, 2.45) is 7.05 Å². The standard InChI is InChI=1S/C13H14F2N2S/c1-8(2)10-5-6-11(18-10)9-7-12(13(3,14)15)17(4)16-9/h5-7H,1H2,2-4H3. The van der Waals surface area contributed by atoms with Gasteiger partial charge < -0.3 is 0 Å². The third-order valence-electron chi connectivity index (χ3n) is 2.61. The van der Waals surface area contributed by atoms with Gasteiger partial charge in [0.05, 0.1) is 4.88 Å². The zero-order valence-electron chi connectivity index (χ0n) is 10.5. The summed E-state index contributed by atoms with van der Waals surface area (Å²) in [5.41, 5.74) is 1.46. The molecule has 0 aliphatic heterocycles. The van der Waals surface area contributed by atoms with Gasteiger partial charge in [0.15, 0.2) is 0 Å². The van der Waals surface area contributed by atoms with E-state index in [0.29, 0.717) is 5.69 Å². The molecule has 0 spiro atoms. The highest BCUT2D eigenvalue weighted by Crippen LogP contribution is 2.34. The maximum Gasteiger partial charge on any atom is 0.286 e. The molecular formula is C13H14F2N2S. The Morgan fingerprint density at radius 1 is 1.44 bits per heavy atom. The lowest BCUT2D eigenvalue weighted by Gasteiger charge is -2.08. The molecule has 2 rings (SSSR count). The van der Waals surface area contributed by atoms with Crippen LogP contribution in [0.5, 0.6) is 0 Å². The Hall–Kier alpha value is -1.49. The molecular weight excluding hydrogens is 254 g/mol. The molecule has 5 heteroatoms. The number of alkyl halides is 2. The fourth-order valence-electron chi connectivity index (χ4n) is 1.70. The van der Waals surface area contributed by atoms with Gasteiger partial charge in [-0.15, -0.1) is 11.3 Å². The molecule has 0 saturated heterocycles. The Balaban J connectivity index is 2.42. The van der Waals surface area contributed by atoms with Gasteiger partial charge >= 0.3 is 0 Å². The van der Waals surface area contributed by atoms with Crippen molar-refractivity contribution in [3.8, 4) is 10.6 Å². The molecule has 0 bridgehead atoms. The van der Waals surface area contributed by atoms with Crippen LogP contribution >= 0.6 is 11.3 Å². The van der Waals surface area contributed by atoms with Gasteiger partial charge in [-0.1, -0.05) is 6.58 Å². The van der Waals surface area contributed by atoms with Crippen LogP contribution < -0.4 is 0 Å². The van der Waals surface area contributed by atoms with E-state index in [1.54, 1.807) is 0 Å². The van der Waals surface area contributed by atoms with Crippen molar-refractivity contribution in [3.63, 3.8) is 0 Å². The molecule has 0 amide bonds. The van der Waals surface area contributed by atoms with Gasteiger partial charge in [0.1, 0.15) is 11.4 Å². The van der Waals surface area contributed by atoms with E-state index in [2.05, 4.69) is 11.7 Å². The smallest absolute Gasteiger partial charge is 0.266 e. The first kappa shape index (κ1) is 13.0. The van der Waals surface area contributed by atoms with Gasteiger partial charge in [0.2, 0.25) is 0 Å². The molecule has 2 aromatic rings. The summed E-state index contributed by atoms with van der Waals surface area (Å²) in [6, 6.07) is 5.25. The van der Waals surface area contributed by atoms with Crippen LogP contribution in [0.2, 0.25) is 0 Å². The number of allylic oxidation sites excluding steroid dienone is 1. The van der Waals surface area contributed by atoms with Gasteiger partial charge in [-0.25, -0.2) is 0 Å². The molecule has 0 N–H and O–H groups in total. The van der Waals surface area contributed by atoms with Crippen molar-refractivity contribution in [1.82, 2.24) is 9.78 Å². The molecule has 0 aliphatic carbocycles. The predicted octanol–water partition coefficient (Wildman–Crippen LogP) is 4.29. The van der Waals surface area contributed by atoms with Crippen LogP contribution in [0.1, 0.15) is 24.4 Å². The first-order valence-electron chi connectivity index (χ1n) is 5.47. The van der Waals surface area contributed by atoms with Crippen LogP contribution in [0.25, 0.3) is 16.1 Å². The van der Waals surface area contributed by atoms with Crippen LogP contribution in [0.15, 0.2) is 24.8 Å². The zero-order valence-corrected chi connectivity index (χ0v) is 11.3. The first-order chi connectivity index (χ1) is 8.29. The average Bonchev–Trinajstić information content (AvgIpc) is 2.81. The van der Waals surface area contributed by atoms with Gasteiger partial charge in [0, 0.05) is 18.8 Å². The maximum atomic E-state index is 13.3. The van der Waals surface area contributed by atoms with Crippen molar-refractivity contribution in [2.75, 3.05) is 0 Å². The largest absolute Gasteiger partial charge is 0.286 e. The topological polar surface area (TPSA) is 17.8 Å². The van der Waals surface area contributed by atoms with E-state index in [1.165, 1.54) is 29.1 Å². The Kier molecular flexibility index (Phi) is 3.11. The van der Waals surface area contributed by atoms with E-state index >= 15 is 0 Å². The normalized spacial score (nSPS) is 11.8. The number of hydrogen-bond acceptors (Lipinski definition) is 2. The maximum absolute atomic E-state index is 13.3. The highest BCUT2D eigenvalue weighted by molar-refractivity contribution is 7.16. The minimum absolute atomic E-state index is 0.0808. The Bertz CT molecular complexity index is 590. The molecule has 2 nitrogen and oxygen atoms in total. The molecule has 0 unspecified atom stereocenters. The molecule has 0 aliphatic rings. The first-order valence-corrected chi connectivity index (χ1v) is 6.29. The van der Waals surface area contributed by atoms with E-state index in [-0.39, 0.29) is 5.69 Å². The van der Waals surface area contributed by atoms with E-state index in [9.17, 15) is 8.78 Å². The van der Waals surface area contributed by atoms with Crippen LogP contribution in [0, 0.1) is 0 Å². The minimum atomic E-state index is -2.88. The van der Waals surface area contributed by atoms with Gasteiger partial charge in [0.25, 0.3) is 5.92 Å². The molecule has 96 valence electrons. The minimum Gasteiger partial charge on any atom is -0.266 e. The number of hydrogen-bond donors (Lipinski definition) is 0. The number of aromatic nitrogens is 2. The molecule has 2 aromatic heterocycles. The highest BCUT2D eigenvalue weighted by atomic mass is 32.1. The van der Waals surface area contributed by atoms with Crippen LogP contribution in [-0.4, -0.2) is 9.78 Å². The monoisotopic (exact) mass is 268 g/mol. The van der Waals surface area contributed by atoms with Crippen molar-refractivity contribution in [1.29, 1.82) is 0 Å². The molecule has 0 aromatic carbocycles. The lowest BCUT2D eigenvalue weighted by molar-refractivity contribution is 0.00883.